The van der Waals surface area contributed by atoms with Gasteiger partial charge in [0.2, 0.25) is 11.8 Å². The van der Waals surface area contributed by atoms with Crippen molar-refractivity contribution in [1.82, 2.24) is 10.2 Å². The zero-order valence-corrected chi connectivity index (χ0v) is 19.0. The van der Waals surface area contributed by atoms with E-state index in [-0.39, 0.29) is 18.2 Å². The van der Waals surface area contributed by atoms with Gasteiger partial charge in [0.1, 0.15) is 11.8 Å². The molecule has 0 aromatic heterocycles. The van der Waals surface area contributed by atoms with Crippen LogP contribution in [-0.2, 0) is 22.6 Å². The molecule has 0 radical (unpaired) electrons. The smallest absolute Gasteiger partial charge is 0.242 e. The minimum absolute atomic E-state index is 0.0741. The largest absolute Gasteiger partial charge is 0.497 e. The molecule has 2 rings (SSSR count). The molecule has 2 aromatic carbocycles. The zero-order valence-electron chi connectivity index (χ0n) is 19.0. The molecule has 0 saturated heterocycles. The molecule has 5 nitrogen and oxygen atoms in total. The molecule has 0 aliphatic rings. The Hall–Kier alpha value is -2.82. The summed E-state index contributed by atoms with van der Waals surface area (Å²) in [7, 11) is 1.62. The molecular weight excluding hydrogens is 376 g/mol. The lowest BCUT2D eigenvalue weighted by atomic mass is 10.0. The van der Waals surface area contributed by atoms with Gasteiger partial charge in [0, 0.05) is 13.1 Å². The Labute approximate surface area is 180 Å². The number of aryl methyl sites for hydroxylation is 2. The fourth-order valence-corrected chi connectivity index (χ4v) is 3.45. The van der Waals surface area contributed by atoms with Crippen LogP contribution in [0.4, 0.5) is 0 Å². The van der Waals surface area contributed by atoms with Gasteiger partial charge < -0.3 is 15.0 Å². The summed E-state index contributed by atoms with van der Waals surface area (Å²) >= 11 is 0. The third-order valence-electron chi connectivity index (χ3n) is 4.98. The minimum Gasteiger partial charge on any atom is -0.497 e. The highest BCUT2D eigenvalue weighted by Crippen LogP contribution is 2.18. The van der Waals surface area contributed by atoms with Gasteiger partial charge in [-0.25, -0.2) is 0 Å². The highest BCUT2D eigenvalue weighted by atomic mass is 16.5. The number of amides is 2. The Bertz CT molecular complexity index is 856. The molecule has 2 amide bonds. The standard InChI is InChI=1S/C25H34N2O3/c1-17(2)15-26-25(29)20(5)27(16-21-8-7-9-23(13-21)30-6)24(28)14-22-11-18(3)10-19(4)12-22/h7-13,17,20H,14-16H2,1-6H3,(H,26,29)/t20-/m1/s1. The number of hydrogen-bond donors (Lipinski definition) is 1. The Morgan fingerprint density at radius 3 is 2.27 bits per heavy atom. The summed E-state index contributed by atoms with van der Waals surface area (Å²) in [6, 6.07) is 13.2. The van der Waals surface area contributed by atoms with Gasteiger partial charge in [-0.15, -0.1) is 0 Å². The SMILES string of the molecule is COc1cccc(CN(C(=O)Cc2cc(C)cc(C)c2)[C@H](C)C(=O)NCC(C)C)c1. The first-order chi connectivity index (χ1) is 14.2. The van der Waals surface area contributed by atoms with Crippen molar-refractivity contribution in [2.24, 2.45) is 5.92 Å². The van der Waals surface area contributed by atoms with Gasteiger partial charge in [0.25, 0.3) is 0 Å². The maximum atomic E-state index is 13.3. The van der Waals surface area contributed by atoms with Crippen LogP contribution in [0.2, 0.25) is 0 Å². The lowest BCUT2D eigenvalue weighted by molar-refractivity contribution is -0.140. The first kappa shape index (κ1) is 23.5. The highest BCUT2D eigenvalue weighted by Gasteiger charge is 2.26. The quantitative estimate of drug-likeness (QED) is 0.679. The van der Waals surface area contributed by atoms with E-state index < -0.39 is 6.04 Å². The van der Waals surface area contributed by atoms with Crippen LogP contribution < -0.4 is 10.1 Å². The predicted octanol–water partition coefficient (Wildman–Crippen LogP) is 4.04. The molecule has 0 bridgehead atoms. The molecule has 0 aliphatic carbocycles. The van der Waals surface area contributed by atoms with E-state index in [1.54, 1.807) is 18.9 Å². The summed E-state index contributed by atoms with van der Waals surface area (Å²) in [6.45, 7) is 10.9. The second kappa shape index (κ2) is 10.8. The van der Waals surface area contributed by atoms with Crippen LogP contribution in [0, 0.1) is 19.8 Å². The third kappa shape index (κ3) is 6.90. The van der Waals surface area contributed by atoms with Crippen LogP contribution in [0.15, 0.2) is 42.5 Å². The topological polar surface area (TPSA) is 58.6 Å². The van der Waals surface area contributed by atoms with Crippen LogP contribution in [0.3, 0.4) is 0 Å². The van der Waals surface area contributed by atoms with E-state index >= 15 is 0 Å². The summed E-state index contributed by atoms with van der Waals surface area (Å²) in [6.07, 6.45) is 0.258. The van der Waals surface area contributed by atoms with Crippen molar-refractivity contribution >= 4 is 11.8 Å². The Morgan fingerprint density at radius 1 is 1.00 bits per heavy atom. The van der Waals surface area contributed by atoms with Crippen LogP contribution in [-0.4, -0.2) is 36.4 Å². The maximum absolute atomic E-state index is 13.3. The average Bonchev–Trinajstić information content (AvgIpc) is 2.68. The van der Waals surface area contributed by atoms with Gasteiger partial charge in [0.05, 0.1) is 13.5 Å². The van der Waals surface area contributed by atoms with Crippen LogP contribution in [0.1, 0.15) is 43.0 Å². The molecule has 0 spiro atoms. The number of ether oxygens (including phenoxy) is 1. The fourth-order valence-electron chi connectivity index (χ4n) is 3.45. The van der Waals surface area contributed by atoms with Crippen LogP contribution in [0.25, 0.3) is 0 Å². The molecule has 1 N–H and O–H groups in total. The molecule has 30 heavy (non-hydrogen) atoms. The molecule has 0 heterocycles. The zero-order chi connectivity index (χ0) is 22.3. The summed E-state index contributed by atoms with van der Waals surface area (Å²) in [5, 5.41) is 2.95. The van der Waals surface area contributed by atoms with Crippen molar-refractivity contribution in [3.8, 4) is 5.75 Å². The molecule has 0 fully saturated rings. The summed E-state index contributed by atoms with van der Waals surface area (Å²) in [5.41, 5.74) is 4.13. The van der Waals surface area contributed by atoms with Gasteiger partial charge >= 0.3 is 0 Å². The Morgan fingerprint density at radius 2 is 1.67 bits per heavy atom. The van der Waals surface area contributed by atoms with E-state index in [0.29, 0.717) is 19.0 Å². The number of carbonyl (C=O) groups excluding carboxylic acids is 2. The second-order valence-electron chi connectivity index (χ2n) is 8.36. The number of rotatable bonds is 9. The highest BCUT2D eigenvalue weighted by molar-refractivity contribution is 5.88. The van der Waals surface area contributed by atoms with Crippen molar-refractivity contribution in [1.29, 1.82) is 0 Å². The Kier molecular flexibility index (Phi) is 8.46. The van der Waals surface area contributed by atoms with E-state index in [0.717, 1.165) is 28.0 Å². The molecule has 1 atom stereocenters. The van der Waals surface area contributed by atoms with Crippen molar-refractivity contribution < 1.29 is 14.3 Å². The van der Waals surface area contributed by atoms with E-state index in [4.69, 9.17) is 4.74 Å². The molecule has 5 heteroatoms. The molecular formula is C25H34N2O3. The number of carbonyl (C=O) groups is 2. The summed E-state index contributed by atoms with van der Waals surface area (Å²) in [4.78, 5) is 27.7. The van der Waals surface area contributed by atoms with Gasteiger partial charge in [-0.05, 0) is 49.9 Å². The summed E-state index contributed by atoms with van der Waals surface area (Å²) in [5.74, 6) is 0.862. The lowest BCUT2D eigenvalue weighted by Gasteiger charge is -2.29. The Balaban J connectivity index is 2.26. The van der Waals surface area contributed by atoms with Gasteiger partial charge in [-0.3, -0.25) is 9.59 Å². The van der Waals surface area contributed by atoms with Crippen molar-refractivity contribution in [3.63, 3.8) is 0 Å². The van der Waals surface area contributed by atoms with Gasteiger partial charge in [-0.1, -0.05) is 55.3 Å². The van der Waals surface area contributed by atoms with Crippen LogP contribution in [0.5, 0.6) is 5.75 Å². The summed E-state index contributed by atoms with van der Waals surface area (Å²) < 4.78 is 5.31. The number of nitrogens with one attached hydrogen (secondary N) is 1. The maximum Gasteiger partial charge on any atom is 0.242 e. The fraction of sp³-hybridized carbons (Fsp3) is 0.440. The predicted molar refractivity (Wildman–Crippen MR) is 120 cm³/mol. The molecule has 2 aromatic rings. The molecule has 0 aliphatic heterocycles. The molecule has 0 saturated carbocycles. The number of hydrogen-bond acceptors (Lipinski definition) is 3. The van der Waals surface area contributed by atoms with E-state index in [2.05, 4.69) is 11.4 Å². The van der Waals surface area contributed by atoms with Crippen LogP contribution >= 0.6 is 0 Å². The second-order valence-corrected chi connectivity index (χ2v) is 8.36. The monoisotopic (exact) mass is 410 g/mol. The number of nitrogens with zero attached hydrogens (tertiary/aromatic N) is 1. The van der Waals surface area contributed by atoms with Gasteiger partial charge in [0.15, 0.2) is 0 Å². The third-order valence-corrected chi connectivity index (χ3v) is 4.98. The van der Waals surface area contributed by atoms with E-state index in [9.17, 15) is 9.59 Å². The van der Waals surface area contributed by atoms with Crippen molar-refractivity contribution in [3.05, 3.63) is 64.7 Å². The molecule has 0 unspecified atom stereocenters. The molecule has 162 valence electrons. The first-order valence-electron chi connectivity index (χ1n) is 10.5. The first-order valence-corrected chi connectivity index (χ1v) is 10.5. The lowest BCUT2D eigenvalue weighted by Crippen LogP contribution is -2.48. The van der Waals surface area contributed by atoms with E-state index in [1.807, 2.05) is 64.1 Å². The normalized spacial score (nSPS) is 11.8. The minimum atomic E-state index is -0.576. The number of methoxy groups -OCH3 is 1. The van der Waals surface area contributed by atoms with Crippen molar-refractivity contribution in [2.45, 2.75) is 53.6 Å². The average molecular weight is 411 g/mol. The van der Waals surface area contributed by atoms with Crippen molar-refractivity contribution in [2.75, 3.05) is 13.7 Å². The van der Waals surface area contributed by atoms with Gasteiger partial charge in [-0.2, -0.15) is 0 Å². The number of benzene rings is 2. The van der Waals surface area contributed by atoms with E-state index in [1.165, 1.54) is 0 Å².